The predicted molar refractivity (Wildman–Crippen MR) is 76.2 cm³/mol. The van der Waals surface area contributed by atoms with Crippen molar-refractivity contribution in [1.29, 1.82) is 0 Å². The zero-order chi connectivity index (χ0) is 13.6. The minimum atomic E-state index is -0.177. The van der Waals surface area contributed by atoms with Gasteiger partial charge in [0.15, 0.2) is 0 Å². The number of nitrogens with one attached hydrogen (secondary N) is 1. The highest BCUT2D eigenvalue weighted by molar-refractivity contribution is 7.11. The number of aryl methyl sites for hydroxylation is 1. The van der Waals surface area contributed by atoms with Gasteiger partial charge in [-0.2, -0.15) is 0 Å². The summed E-state index contributed by atoms with van der Waals surface area (Å²) in [6, 6.07) is 3.88. The molecule has 1 amide bonds. The average Bonchev–Trinajstić information content (AvgIpc) is 2.97. The van der Waals surface area contributed by atoms with Gasteiger partial charge in [0.1, 0.15) is 11.6 Å². The maximum absolute atomic E-state index is 12.0. The monoisotopic (exact) mass is 272 g/mol. The summed E-state index contributed by atoms with van der Waals surface area (Å²) in [5.41, 5.74) is 2.46. The van der Waals surface area contributed by atoms with Crippen LogP contribution in [0, 0.1) is 13.8 Å². The summed E-state index contributed by atoms with van der Waals surface area (Å²) in [5, 5.41) is 14.7. The summed E-state index contributed by atoms with van der Waals surface area (Å²) in [6.45, 7) is 3.52. The van der Waals surface area contributed by atoms with Crippen LogP contribution in [0.5, 0.6) is 5.75 Å². The molecule has 0 unspecified atom stereocenters. The van der Waals surface area contributed by atoms with E-state index in [1.54, 1.807) is 25.2 Å². The van der Waals surface area contributed by atoms with Gasteiger partial charge >= 0.3 is 0 Å². The highest BCUT2D eigenvalue weighted by Gasteiger charge is 2.29. The second kappa shape index (κ2) is 4.20. The van der Waals surface area contributed by atoms with E-state index in [-0.39, 0.29) is 11.7 Å². The Kier molecular flexibility index (Phi) is 2.64. The van der Waals surface area contributed by atoms with Gasteiger partial charge in [0.2, 0.25) is 0 Å². The first-order valence-corrected chi connectivity index (χ1v) is 6.73. The minimum absolute atomic E-state index is 0.146. The number of nitrogens with zero attached hydrogens (tertiary/aromatic N) is 1. The van der Waals surface area contributed by atoms with E-state index in [0.717, 1.165) is 4.88 Å². The first kappa shape index (κ1) is 11.9. The number of amides is 1. The van der Waals surface area contributed by atoms with E-state index in [4.69, 9.17) is 0 Å². The van der Waals surface area contributed by atoms with Crippen LogP contribution in [0.4, 0.5) is 5.82 Å². The summed E-state index contributed by atoms with van der Waals surface area (Å²) in [5.74, 6) is 0.497. The molecule has 0 radical (unpaired) electrons. The van der Waals surface area contributed by atoms with Crippen LogP contribution in [0.1, 0.15) is 21.7 Å². The van der Waals surface area contributed by atoms with E-state index in [2.05, 4.69) is 10.3 Å². The third kappa shape index (κ3) is 1.82. The van der Waals surface area contributed by atoms with Crippen LogP contribution >= 0.6 is 11.3 Å². The number of aromatic nitrogens is 1. The second-order valence-corrected chi connectivity index (χ2v) is 5.40. The van der Waals surface area contributed by atoms with Gasteiger partial charge in [-0.3, -0.25) is 4.79 Å². The predicted octanol–water partition coefficient (Wildman–Crippen LogP) is 2.96. The number of anilines is 1. The van der Waals surface area contributed by atoms with Gasteiger partial charge < -0.3 is 10.4 Å². The van der Waals surface area contributed by atoms with Crippen LogP contribution < -0.4 is 5.32 Å². The fourth-order valence-electron chi connectivity index (χ4n) is 2.21. The fraction of sp³-hybridized carbons (Fsp3) is 0.143. The Morgan fingerprint density at radius 3 is 2.89 bits per heavy atom. The number of fused-ring (bicyclic) bond motifs is 1. The summed E-state index contributed by atoms with van der Waals surface area (Å²) in [7, 11) is 0. The first-order chi connectivity index (χ1) is 9.08. The van der Waals surface area contributed by atoms with Gasteiger partial charge in [0, 0.05) is 16.0 Å². The zero-order valence-corrected chi connectivity index (χ0v) is 11.3. The number of carbonyl (C=O) groups is 1. The molecular formula is C14H12N2O2S. The van der Waals surface area contributed by atoms with E-state index in [0.29, 0.717) is 28.2 Å². The number of hydrogen-bond donors (Lipinski definition) is 2. The maximum atomic E-state index is 12.0. The average molecular weight is 272 g/mol. The molecule has 0 bridgehead atoms. The normalized spacial score (nSPS) is 15.7. The molecule has 2 aromatic rings. The molecule has 1 aliphatic rings. The largest absolute Gasteiger partial charge is 0.506 e. The Hall–Kier alpha value is -2.14. The fourth-order valence-corrected chi connectivity index (χ4v) is 2.86. The molecule has 0 aliphatic carbocycles. The third-order valence-electron chi connectivity index (χ3n) is 3.16. The van der Waals surface area contributed by atoms with Crippen molar-refractivity contribution in [3.05, 3.63) is 39.2 Å². The van der Waals surface area contributed by atoms with Crippen molar-refractivity contribution in [2.45, 2.75) is 13.8 Å². The molecule has 19 heavy (non-hydrogen) atoms. The zero-order valence-electron chi connectivity index (χ0n) is 10.5. The molecule has 0 saturated heterocycles. The molecule has 3 rings (SSSR count). The van der Waals surface area contributed by atoms with Gasteiger partial charge in [-0.05, 0) is 31.4 Å². The van der Waals surface area contributed by atoms with Gasteiger partial charge in [0.25, 0.3) is 5.91 Å². The SMILES string of the molecule is Cc1nc2c(c(C)c1O)C(=Cc1cccs1)C(=O)N2. The quantitative estimate of drug-likeness (QED) is 0.784. The Morgan fingerprint density at radius 1 is 1.42 bits per heavy atom. The lowest BCUT2D eigenvalue weighted by molar-refractivity contribution is -0.110. The first-order valence-electron chi connectivity index (χ1n) is 5.85. The topological polar surface area (TPSA) is 62.2 Å². The standard InChI is InChI=1S/C14H12N2O2S/c1-7-11-10(6-9-4-3-5-19-9)14(18)16-13(11)15-8(2)12(7)17/h3-6,17H,1-2H3,(H,15,16,18). The Morgan fingerprint density at radius 2 is 2.21 bits per heavy atom. The molecule has 0 saturated carbocycles. The number of hydrogen-bond acceptors (Lipinski definition) is 4. The maximum Gasteiger partial charge on any atom is 0.257 e. The van der Waals surface area contributed by atoms with E-state index in [1.807, 2.05) is 23.6 Å². The molecule has 2 N–H and O–H groups in total. The van der Waals surface area contributed by atoms with Crippen molar-refractivity contribution < 1.29 is 9.90 Å². The lowest BCUT2D eigenvalue weighted by Crippen LogP contribution is -2.04. The molecular weight excluding hydrogens is 260 g/mol. The van der Waals surface area contributed by atoms with E-state index >= 15 is 0 Å². The second-order valence-electron chi connectivity index (χ2n) is 4.42. The van der Waals surface area contributed by atoms with Crippen molar-refractivity contribution >= 4 is 34.7 Å². The number of pyridine rings is 1. The van der Waals surface area contributed by atoms with Gasteiger partial charge in [-0.25, -0.2) is 4.98 Å². The highest BCUT2D eigenvalue weighted by Crippen LogP contribution is 2.39. The Balaban J connectivity index is 2.22. The number of rotatable bonds is 1. The Bertz CT molecular complexity index is 703. The van der Waals surface area contributed by atoms with Crippen LogP contribution in [0.15, 0.2) is 17.5 Å². The van der Waals surface area contributed by atoms with Crippen LogP contribution in [-0.2, 0) is 4.79 Å². The molecule has 5 heteroatoms. The third-order valence-corrected chi connectivity index (χ3v) is 3.98. The van der Waals surface area contributed by atoms with Gasteiger partial charge in [-0.15, -0.1) is 11.3 Å². The van der Waals surface area contributed by atoms with Crippen molar-refractivity contribution in [3.8, 4) is 5.75 Å². The van der Waals surface area contributed by atoms with Crippen molar-refractivity contribution in [3.63, 3.8) is 0 Å². The van der Waals surface area contributed by atoms with Crippen LogP contribution in [0.25, 0.3) is 11.6 Å². The van der Waals surface area contributed by atoms with Crippen molar-refractivity contribution in [2.24, 2.45) is 0 Å². The van der Waals surface area contributed by atoms with Crippen molar-refractivity contribution in [1.82, 2.24) is 4.98 Å². The molecule has 96 valence electrons. The number of thiophene rings is 1. The Labute approximate surface area is 114 Å². The summed E-state index contributed by atoms with van der Waals surface area (Å²) < 4.78 is 0. The van der Waals surface area contributed by atoms with Crippen molar-refractivity contribution in [2.75, 3.05) is 5.32 Å². The molecule has 4 nitrogen and oxygen atoms in total. The molecule has 1 aliphatic heterocycles. The van der Waals surface area contributed by atoms with Gasteiger partial charge in [-0.1, -0.05) is 6.07 Å². The lowest BCUT2D eigenvalue weighted by Gasteiger charge is -2.07. The summed E-state index contributed by atoms with van der Waals surface area (Å²) in [6.07, 6.45) is 1.83. The van der Waals surface area contributed by atoms with E-state index in [9.17, 15) is 9.90 Å². The van der Waals surface area contributed by atoms with E-state index < -0.39 is 0 Å². The summed E-state index contributed by atoms with van der Waals surface area (Å²) >= 11 is 1.56. The smallest absolute Gasteiger partial charge is 0.257 e. The van der Waals surface area contributed by atoms with Crippen LogP contribution in [0.3, 0.4) is 0 Å². The molecule has 0 aromatic carbocycles. The number of carbonyl (C=O) groups excluding carboxylic acids is 1. The summed E-state index contributed by atoms with van der Waals surface area (Å²) in [4.78, 5) is 17.3. The number of aromatic hydroxyl groups is 1. The van der Waals surface area contributed by atoms with Crippen LogP contribution in [-0.4, -0.2) is 16.0 Å². The van der Waals surface area contributed by atoms with E-state index in [1.165, 1.54) is 0 Å². The van der Waals surface area contributed by atoms with Crippen LogP contribution in [0.2, 0.25) is 0 Å². The molecule has 0 atom stereocenters. The molecule has 0 fully saturated rings. The van der Waals surface area contributed by atoms with Gasteiger partial charge in [0.05, 0.1) is 11.3 Å². The molecule has 3 heterocycles. The molecule has 2 aromatic heterocycles. The minimum Gasteiger partial charge on any atom is -0.506 e. The molecule has 0 spiro atoms. The highest BCUT2D eigenvalue weighted by atomic mass is 32.1. The lowest BCUT2D eigenvalue weighted by atomic mass is 10.0.